The van der Waals surface area contributed by atoms with Crippen LogP contribution in [0.25, 0.3) is 133 Å². The molecule has 0 saturated heterocycles. The van der Waals surface area contributed by atoms with E-state index < -0.39 is 0 Å². The van der Waals surface area contributed by atoms with Crippen LogP contribution in [0.1, 0.15) is 25.0 Å². The SMILES string of the molecule is CC1(C)c2ccccc2-c2ccc(-n3c4ccc(-c5ccc(-c6ccc7c(c6)c6oc8ccccc8c6n7-c6ccc(-c7ccccc7)cc6)cc5)cc4c4oc5cc(-c6ccccc6)ccc5c43)cc21. The second kappa shape index (κ2) is 14.9. The summed E-state index contributed by atoms with van der Waals surface area (Å²) >= 11 is 0. The molecule has 4 heteroatoms. The number of hydrogen-bond donors (Lipinski definition) is 0. The predicted octanol–water partition coefficient (Wildman–Crippen LogP) is 18.3. The Balaban J connectivity index is 0.839. The molecule has 0 bridgehead atoms. The second-order valence-electron chi connectivity index (χ2n) is 19.7. The summed E-state index contributed by atoms with van der Waals surface area (Å²) in [5, 5.41) is 4.37. The fourth-order valence-electron chi connectivity index (χ4n) is 11.8. The Bertz CT molecular complexity index is 4450. The molecule has 10 aromatic carbocycles. The van der Waals surface area contributed by atoms with E-state index in [1.807, 2.05) is 6.07 Å². The maximum Gasteiger partial charge on any atom is 0.161 e. The van der Waals surface area contributed by atoms with E-state index in [0.717, 1.165) is 105 Å². The first-order valence-corrected chi connectivity index (χ1v) is 24.5. The van der Waals surface area contributed by atoms with Gasteiger partial charge in [-0.05, 0) is 140 Å². The molecular formula is C67H44N2O2. The lowest BCUT2D eigenvalue weighted by atomic mass is 9.82. The van der Waals surface area contributed by atoms with Crippen molar-refractivity contribution in [1.82, 2.24) is 9.13 Å². The maximum atomic E-state index is 6.99. The van der Waals surface area contributed by atoms with Crippen molar-refractivity contribution >= 4 is 65.9 Å². The van der Waals surface area contributed by atoms with Gasteiger partial charge in [-0.15, -0.1) is 0 Å². The standard InChI is InChI=1S/C67H44N2O2/c1-67(2)57-19-11-9-17-51(57)52-34-32-50(40-58(52)67)69-60-36-29-47(38-56(60)66-64(69)54-33-27-48(39-62(54)71-66)42-15-7-4-8-16-42)45-23-21-44(22-24-45)46-28-35-59-55(37-46)65-63(53-18-10-12-20-61(53)70-65)68(59)49-30-25-43(26-31-49)41-13-5-3-6-14-41/h3-40H,1-2H3. The van der Waals surface area contributed by atoms with Gasteiger partial charge in [0.1, 0.15) is 22.2 Å². The third-order valence-corrected chi connectivity index (χ3v) is 15.4. The smallest absolute Gasteiger partial charge is 0.161 e. The van der Waals surface area contributed by atoms with Crippen molar-refractivity contribution in [3.8, 4) is 67.0 Å². The van der Waals surface area contributed by atoms with Crippen molar-refractivity contribution in [3.63, 3.8) is 0 Å². The molecule has 0 atom stereocenters. The summed E-state index contributed by atoms with van der Waals surface area (Å²) in [6.07, 6.45) is 0. The van der Waals surface area contributed by atoms with Gasteiger partial charge in [-0.1, -0.05) is 172 Å². The summed E-state index contributed by atoms with van der Waals surface area (Å²) < 4.78 is 18.4. The van der Waals surface area contributed by atoms with E-state index >= 15 is 0 Å². The van der Waals surface area contributed by atoms with Crippen LogP contribution in [-0.2, 0) is 5.41 Å². The van der Waals surface area contributed by atoms with E-state index in [2.05, 4.69) is 247 Å². The number of hydrogen-bond acceptors (Lipinski definition) is 2. The molecule has 14 aromatic rings. The first kappa shape index (κ1) is 39.8. The van der Waals surface area contributed by atoms with E-state index in [0.29, 0.717) is 0 Å². The lowest BCUT2D eigenvalue weighted by molar-refractivity contribution is 0.660. The van der Waals surface area contributed by atoms with E-state index in [-0.39, 0.29) is 5.41 Å². The highest BCUT2D eigenvalue weighted by Crippen LogP contribution is 2.50. The van der Waals surface area contributed by atoms with Crippen LogP contribution in [0.15, 0.2) is 239 Å². The normalized spacial score (nSPS) is 13.0. The zero-order chi connectivity index (χ0) is 47.0. The Morgan fingerprint density at radius 3 is 1.44 bits per heavy atom. The highest BCUT2D eigenvalue weighted by Gasteiger charge is 2.36. The van der Waals surface area contributed by atoms with Gasteiger partial charge < -0.3 is 18.0 Å². The Hall–Kier alpha value is -9.12. The van der Waals surface area contributed by atoms with Gasteiger partial charge in [0, 0.05) is 38.3 Å². The molecule has 0 fully saturated rings. The van der Waals surface area contributed by atoms with Gasteiger partial charge in [-0.3, -0.25) is 0 Å². The third kappa shape index (κ3) is 5.92. The quantitative estimate of drug-likeness (QED) is 0.167. The number of para-hydroxylation sites is 1. The van der Waals surface area contributed by atoms with Crippen LogP contribution in [0.5, 0.6) is 0 Å². The Morgan fingerprint density at radius 2 is 0.761 bits per heavy atom. The molecular weight excluding hydrogens is 865 g/mol. The summed E-state index contributed by atoms with van der Waals surface area (Å²) in [4.78, 5) is 0. The fraction of sp³-hybridized carbons (Fsp3) is 0.0448. The Morgan fingerprint density at radius 1 is 0.310 bits per heavy atom. The van der Waals surface area contributed by atoms with E-state index in [1.54, 1.807) is 0 Å². The Kier molecular flexibility index (Phi) is 8.38. The number of benzene rings is 10. The monoisotopic (exact) mass is 908 g/mol. The highest BCUT2D eigenvalue weighted by molar-refractivity contribution is 6.18. The van der Waals surface area contributed by atoms with Gasteiger partial charge in [0.2, 0.25) is 0 Å². The lowest BCUT2D eigenvalue weighted by Crippen LogP contribution is -2.15. The Labute approximate surface area is 409 Å². The molecule has 0 N–H and O–H groups in total. The first-order chi connectivity index (χ1) is 34.9. The molecule has 1 aliphatic carbocycles. The minimum Gasteiger partial charge on any atom is -0.454 e. The average Bonchev–Trinajstić information content (AvgIpc) is 4.21. The fourth-order valence-corrected chi connectivity index (χ4v) is 11.8. The van der Waals surface area contributed by atoms with Crippen LogP contribution in [0.3, 0.4) is 0 Å². The summed E-state index contributed by atoms with van der Waals surface area (Å²) in [6, 6.07) is 83.4. The van der Waals surface area contributed by atoms with Crippen LogP contribution in [0, 0.1) is 0 Å². The number of rotatable bonds is 6. The van der Waals surface area contributed by atoms with Crippen molar-refractivity contribution in [2.45, 2.75) is 19.3 Å². The molecule has 4 aromatic heterocycles. The molecule has 71 heavy (non-hydrogen) atoms. The molecule has 0 aliphatic heterocycles. The molecule has 334 valence electrons. The zero-order valence-corrected chi connectivity index (χ0v) is 39.2. The molecule has 0 radical (unpaired) electrons. The van der Waals surface area contributed by atoms with Crippen molar-refractivity contribution in [3.05, 3.63) is 242 Å². The van der Waals surface area contributed by atoms with Crippen molar-refractivity contribution in [2.24, 2.45) is 0 Å². The summed E-state index contributed by atoms with van der Waals surface area (Å²) in [6.45, 7) is 4.70. The van der Waals surface area contributed by atoms with Crippen LogP contribution >= 0.6 is 0 Å². The summed E-state index contributed by atoms with van der Waals surface area (Å²) in [5.74, 6) is 0. The highest BCUT2D eigenvalue weighted by atomic mass is 16.3. The third-order valence-electron chi connectivity index (χ3n) is 15.4. The van der Waals surface area contributed by atoms with Crippen LogP contribution in [-0.4, -0.2) is 9.13 Å². The molecule has 0 saturated carbocycles. The van der Waals surface area contributed by atoms with Crippen LogP contribution in [0.2, 0.25) is 0 Å². The second-order valence-corrected chi connectivity index (χ2v) is 19.7. The molecule has 1 aliphatic rings. The maximum absolute atomic E-state index is 6.99. The van der Waals surface area contributed by atoms with E-state index in [1.165, 1.54) is 38.9 Å². The molecule has 0 unspecified atom stereocenters. The molecule has 4 nitrogen and oxygen atoms in total. The van der Waals surface area contributed by atoms with E-state index in [9.17, 15) is 0 Å². The number of nitrogens with zero attached hydrogens (tertiary/aromatic N) is 2. The minimum atomic E-state index is -0.126. The first-order valence-electron chi connectivity index (χ1n) is 24.5. The van der Waals surface area contributed by atoms with Crippen LogP contribution < -0.4 is 0 Å². The van der Waals surface area contributed by atoms with Crippen molar-refractivity contribution < 1.29 is 8.83 Å². The van der Waals surface area contributed by atoms with Gasteiger partial charge >= 0.3 is 0 Å². The van der Waals surface area contributed by atoms with E-state index in [4.69, 9.17) is 8.83 Å². The van der Waals surface area contributed by atoms with Gasteiger partial charge in [-0.2, -0.15) is 0 Å². The molecule has 15 rings (SSSR count). The number of furan rings is 2. The topological polar surface area (TPSA) is 36.1 Å². The molecule has 4 heterocycles. The molecule has 0 amide bonds. The zero-order valence-electron chi connectivity index (χ0n) is 39.2. The summed E-state index contributed by atoms with van der Waals surface area (Å²) in [5.41, 5.74) is 24.6. The van der Waals surface area contributed by atoms with Crippen LogP contribution in [0.4, 0.5) is 0 Å². The largest absolute Gasteiger partial charge is 0.454 e. The number of aromatic nitrogens is 2. The lowest BCUT2D eigenvalue weighted by Gasteiger charge is -2.22. The molecule has 0 spiro atoms. The van der Waals surface area contributed by atoms with Gasteiger partial charge in [0.15, 0.2) is 11.2 Å². The summed E-state index contributed by atoms with van der Waals surface area (Å²) in [7, 11) is 0. The predicted molar refractivity (Wildman–Crippen MR) is 294 cm³/mol. The number of fused-ring (bicyclic) bond motifs is 13. The van der Waals surface area contributed by atoms with Crippen molar-refractivity contribution in [1.29, 1.82) is 0 Å². The van der Waals surface area contributed by atoms with Gasteiger partial charge in [-0.25, -0.2) is 0 Å². The van der Waals surface area contributed by atoms with Crippen molar-refractivity contribution in [2.75, 3.05) is 0 Å². The van der Waals surface area contributed by atoms with Gasteiger partial charge in [0.25, 0.3) is 0 Å². The average molecular weight is 909 g/mol. The van der Waals surface area contributed by atoms with Gasteiger partial charge in [0.05, 0.1) is 11.0 Å². The minimum absolute atomic E-state index is 0.126.